The number of likely N-dealkylation sites (N-methyl/N-ethyl adjacent to an activating group) is 1. The van der Waals surface area contributed by atoms with E-state index in [1.165, 1.54) is 11.3 Å². The highest BCUT2D eigenvalue weighted by Gasteiger charge is 2.32. The van der Waals surface area contributed by atoms with Gasteiger partial charge in [-0.15, -0.1) is 11.3 Å². The van der Waals surface area contributed by atoms with Crippen LogP contribution in [0.15, 0.2) is 6.20 Å². The third kappa shape index (κ3) is 3.65. The predicted molar refractivity (Wildman–Crippen MR) is 77.7 cm³/mol. The van der Waals surface area contributed by atoms with Gasteiger partial charge in [0.1, 0.15) is 0 Å². The molecule has 1 fully saturated rings. The number of nitrogens with one attached hydrogen (secondary N) is 2. The van der Waals surface area contributed by atoms with E-state index in [0.717, 1.165) is 24.1 Å². The van der Waals surface area contributed by atoms with E-state index in [1.54, 1.807) is 10.5 Å². The molecule has 1 aromatic heterocycles. The first-order valence-electron chi connectivity index (χ1n) is 6.39. The normalized spacial score (nSPS) is 21.5. The van der Waals surface area contributed by atoms with Gasteiger partial charge in [0.2, 0.25) is 0 Å². The molecule has 0 saturated carbocycles. The fourth-order valence-corrected chi connectivity index (χ4v) is 4.63. The molecule has 2 heterocycles. The van der Waals surface area contributed by atoms with Crippen LogP contribution >= 0.6 is 11.3 Å². The molecular weight excluding hydrogens is 284 g/mol. The van der Waals surface area contributed by atoms with E-state index in [1.807, 2.05) is 14.0 Å². The minimum absolute atomic E-state index is 0.0253. The van der Waals surface area contributed by atoms with E-state index in [2.05, 4.69) is 15.0 Å². The van der Waals surface area contributed by atoms with Crippen molar-refractivity contribution in [1.29, 1.82) is 0 Å². The maximum atomic E-state index is 12.4. The SMILES string of the molecule is CNCC1CCCCN1S(=O)(=O)Nc1ncc(C)s1. The van der Waals surface area contributed by atoms with Crippen molar-refractivity contribution in [1.82, 2.24) is 14.6 Å². The first-order valence-corrected chi connectivity index (χ1v) is 8.65. The molecule has 1 aliphatic rings. The van der Waals surface area contributed by atoms with Gasteiger partial charge in [0.15, 0.2) is 5.13 Å². The molecule has 1 aromatic rings. The number of hydrogen-bond donors (Lipinski definition) is 2. The number of piperidine rings is 1. The molecule has 1 saturated heterocycles. The fourth-order valence-electron chi connectivity index (χ4n) is 2.30. The standard InChI is InChI=1S/C11H20N4O2S2/c1-9-7-13-11(18-9)14-19(16,17)15-6-4-3-5-10(15)8-12-2/h7,10,12H,3-6,8H2,1-2H3,(H,13,14). The van der Waals surface area contributed by atoms with Gasteiger partial charge in [-0.05, 0) is 26.8 Å². The van der Waals surface area contributed by atoms with Crippen molar-refractivity contribution in [2.75, 3.05) is 24.9 Å². The minimum atomic E-state index is -3.50. The van der Waals surface area contributed by atoms with E-state index in [0.29, 0.717) is 18.2 Å². The van der Waals surface area contributed by atoms with Gasteiger partial charge in [-0.2, -0.15) is 12.7 Å². The second kappa shape index (κ2) is 6.17. The molecule has 1 aliphatic heterocycles. The highest BCUT2D eigenvalue weighted by molar-refractivity contribution is 7.90. The van der Waals surface area contributed by atoms with Crippen molar-refractivity contribution in [3.63, 3.8) is 0 Å². The van der Waals surface area contributed by atoms with Crippen LogP contribution in [0.2, 0.25) is 0 Å². The summed E-state index contributed by atoms with van der Waals surface area (Å²) in [7, 11) is -1.66. The van der Waals surface area contributed by atoms with Crippen LogP contribution in [0, 0.1) is 6.92 Å². The Labute approximate surface area is 118 Å². The molecule has 108 valence electrons. The Kier molecular flexibility index (Phi) is 4.77. The third-order valence-electron chi connectivity index (χ3n) is 3.16. The van der Waals surface area contributed by atoms with Crippen LogP contribution in [0.1, 0.15) is 24.1 Å². The molecule has 19 heavy (non-hydrogen) atoms. The van der Waals surface area contributed by atoms with Gasteiger partial charge in [-0.25, -0.2) is 9.71 Å². The second-order valence-electron chi connectivity index (χ2n) is 4.70. The number of nitrogens with zero attached hydrogens (tertiary/aromatic N) is 2. The lowest BCUT2D eigenvalue weighted by atomic mass is 10.1. The van der Waals surface area contributed by atoms with E-state index in [4.69, 9.17) is 0 Å². The average Bonchev–Trinajstić information content (AvgIpc) is 2.75. The molecular formula is C11H20N4O2S2. The number of aryl methyl sites for hydroxylation is 1. The Morgan fingerprint density at radius 3 is 2.95 bits per heavy atom. The molecule has 1 atom stereocenters. The van der Waals surface area contributed by atoms with E-state index in [-0.39, 0.29) is 6.04 Å². The van der Waals surface area contributed by atoms with Crippen LogP contribution in [0.4, 0.5) is 5.13 Å². The number of anilines is 1. The summed E-state index contributed by atoms with van der Waals surface area (Å²) in [6, 6.07) is 0.0253. The number of hydrogen-bond acceptors (Lipinski definition) is 5. The first-order chi connectivity index (χ1) is 9.03. The third-order valence-corrected chi connectivity index (χ3v) is 5.67. The first kappa shape index (κ1) is 14.7. The molecule has 2 rings (SSSR count). The molecule has 0 aliphatic carbocycles. The smallest absolute Gasteiger partial charge is 0.303 e. The number of rotatable bonds is 5. The Morgan fingerprint density at radius 1 is 1.53 bits per heavy atom. The maximum Gasteiger partial charge on any atom is 0.303 e. The monoisotopic (exact) mass is 304 g/mol. The molecule has 8 heteroatoms. The highest BCUT2D eigenvalue weighted by atomic mass is 32.2. The van der Waals surface area contributed by atoms with Gasteiger partial charge in [0.25, 0.3) is 0 Å². The van der Waals surface area contributed by atoms with Crippen molar-refractivity contribution < 1.29 is 8.42 Å². The van der Waals surface area contributed by atoms with Crippen molar-refractivity contribution in [3.05, 3.63) is 11.1 Å². The van der Waals surface area contributed by atoms with Crippen LogP contribution in [0.3, 0.4) is 0 Å². The summed E-state index contributed by atoms with van der Waals surface area (Å²) < 4.78 is 28.9. The van der Waals surface area contributed by atoms with Gasteiger partial charge in [0.05, 0.1) is 0 Å². The lowest BCUT2D eigenvalue weighted by Crippen LogP contribution is -2.49. The predicted octanol–water partition coefficient (Wildman–Crippen LogP) is 1.18. The summed E-state index contributed by atoms with van der Waals surface area (Å²) in [5.74, 6) is 0. The summed E-state index contributed by atoms with van der Waals surface area (Å²) in [5.41, 5.74) is 0. The number of aromatic nitrogens is 1. The van der Waals surface area contributed by atoms with E-state index >= 15 is 0 Å². The van der Waals surface area contributed by atoms with Gasteiger partial charge in [-0.1, -0.05) is 6.42 Å². The molecule has 0 bridgehead atoms. The Hall–Kier alpha value is -0.700. The Bertz CT molecular complexity index is 513. The average molecular weight is 304 g/mol. The molecule has 6 nitrogen and oxygen atoms in total. The van der Waals surface area contributed by atoms with Gasteiger partial charge >= 0.3 is 10.2 Å². The minimum Gasteiger partial charge on any atom is -0.318 e. The van der Waals surface area contributed by atoms with E-state index < -0.39 is 10.2 Å². The molecule has 2 N–H and O–H groups in total. The zero-order valence-electron chi connectivity index (χ0n) is 11.2. The molecule has 0 spiro atoms. The summed E-state index contributed by atoms with van der Waals surface area (Å²) in [4.78, 5) is 5.04. The van der Waals surface area contributed by atoms with Crippen molar-refractivity contribution in [2.45, 2.75) is 32.2 Å². The fraction of sp³-hybridized carbons (Fsp3) is 0.727. The molecule has 0 aromatic carbocycles. The highest BCUT2D eigenvalue weighted by Crippen LogP contribution is 2.23. The summed E-state index contributed by atoms with van der Waals surface area (Å²) >= 11 is 1.35. The van der Waals surface area contributed by atoms with Gasteiger partial charge < -0.3 is 5.32 Å². The van der Waals surface area contributed by atoms with Crippen LogP contribution in [0.5, 0.6) is 0 Å². The largest absolute Gasteiger partial charge is 0.318 e. The molecule has 1 unspecified atom stereocenters. The van der Waals surface area contributed by atoms with Gasteiger partial charge in [-0.3, -0.25) is 0 Å². The Morgan fingerprint density at radius 2 is 2.32 bits per heavy atom. The number of thiazole rings is 1. The van der Waals surface area contributed by atoms with Crippen LogP contribution < -0.4 is 10.0 Å². The summed E-state index contributed by atoms with van der Waals surface area (Å²) in [6.07, 6.45) is 4.56. The van der Waals surface area contributed by atoms with Crippen molar-refractivity contribution >= 4 is 26.7 Å². The Balaban J connectivity index is 2.12. The van der Waals surface area contributed by atoms with Crippen LogP contribution in [-0.2, 0) is 10.2 Å². The zero-order chi connectivity index (χ0) is 13.9. The molecule has 0 amide bonds. The van der Waals surface area contributed by atoms with Crippen molar-refractivity contribution in [2.24, 2.45) is 0 Å². The maximum absolute atomic E-state index is 12.4. The summed E-state index contributed by atoms with van der Waals surface area (Å²) in [6.45, 7) is 3.16. The second-order valence-corrected chi connectivity index (χ2v) is 7.56. The van der Waals surface area contributed by atoms with Crippen molar-refractivity contribution in [3.8, 4) is 0 Å². The lowest BCUT2D eigenvalue weighted by molar-refractivity contribution is 0.250. The quantitative estimate of drug-likeness (QED) is 0.857. The van der Waals surface area contributed by atoms with E-state index in [9.17, 15) is 8.42 Å². The van der Waals surface area contributed by atoms with Crippen LogP contribution in [0.25, 0.3) is 0 Å². The zero-order valence-corrected chi connectivity index (χ0v) is 12.9. The van der Waals surface area contributed by atoms with Crippen LogP contribution in [-0.4, -0.2) is 43.9 Å². The molecule has 0 radical (unpaired) electrons. The van der Waals surface area contributed by atoms with Gasteiger partial charge in [0, 0.05) is 30.2 Å². The lowest BCUT2D eigenvalue weighted by Gasteiger charge is -2.34. The summed E-state index contributed by atoms with van der Waals surface area (Å²) in [5, 5.41) is 3.50. The topological polar surface area (TPSA) is 74.3 Å².